The fourth-order valence-electron chi connectivity index (χ4n) is 5.65. The molecule has 1 amide bonds. The van der Waals surface area contributed by atoms with Gasteiger partial charge in [0.15, 0.2) is 0 Å². The lowest BCUT2D eigenvalue weighted by Crippen LogP contribution is -2.45. The molecule has 0 atom stereocenters. The lowest BCUT2D eigenvalue weighted by atomic mass is 9.60. The van der Waals surface area contributed by atoms with Crippen LogP contribution in [0, 0.1) is 19.3 Å². The van der Waals surface area contributed by atoms with E-state index in [-0.39, 0.29) is 28.9 Å². The smallest absolute Gasteiger partial charge is 0.217 e. The lowest BCUT2D eigenvalue weighted by Gasteiger charge is -2.43. The maximum absolute atomic E-state index is 13.3. The van der Waals surface area contributed by atoms with Gasteiger partial charge in [-0.25, -0.2) is 0 Å². The van der Waals surface area contributed by atoms with Crippen molar-refractivity contribution in [3.05, 3.63) is 52.2 Å². The van der Waals surface area contributed by atoms with E-state index >= 15 is 0 Å². The van der Waals surface area contributed by atoms with Gasteiger partial charge >= 0.3 is 0 Å². The van der Waals surface area contributed by atoms with Crippen LogP contribution in [-0.2, 0) is 14.4 Å². The first-order valence-corrected chi connectivity index (χ1v) is 11.6. The second-order valence-electron chi connectivity index (χ2n) is 9.58. The number of hydrogen-bond donors (Lipinski definition) is 1. The fourth-order valence-corrected chi connectivity index (χ4v) is 5.76. The SMILES string of the molecule is CC(=O)NC1CCC2(CC1)CC(=O)C(c1c(C)cc(-c3ccc(Cl)cn3)cc1C)C(=O)C2. The molecule has 2 aromatic rings. The minimum atomic E-state index is -0.680. The van der Waals surface area contributed by atoms with E-state index in [1.165, 1.54) is 6.92 Å². The number of pyridine rings is 1. The van der Waals surface area contributed by atoms with Crippen LogP contribution in [0.25, 0.3) is 11.3 Å². The Bertz CT molecular complexity index is 1030. The maximum Gasteiger partial charge on any atom is 0.217 e. The van der Waals surface area contributed by atoms with Crippen molar-refractivity contribution in [3.63, 3.8) is 0 Å². The molecule has 1 aromatic heterocycles. The highest BCUT2D eigenvalue weighted by Crippen LogP contribution is 2.49. The van der Waals surface area contributed by atoms with Crippen LogP contribution in [-0.4, -0.2) is 28.5 Å². The molecule has 2 fully saturated rings. The van der Waals surface area contributed by atoms with Crippen molar-refractivity contribution in [1.29, 1.82) is 0 Å². The summed E-state index contributed by atoms with van der Waals surface area (Å²) in [6, 6.07) is 7.83. The van der Waals surface area contributed by atoms with Crippen molar-refractivity contribution in [3.8, 4) is 11.3 Å². The van der Waals surface area contributed by atoms with Gasteiger partial charge in [0.05, 0.1) is 10.7 Å². The summed E-state index contributed by atoms with van der Waals surface area (Å²) in [4.78, 5) is 42.4. The first-order chi connectivity index (χ1) is 15.2. The summed E-state index contributed by atoms with van der Waals surface area (Å²) in [5.41, 5.74) is 4.24. The summed E-state index contributed by atoms with van der Waals surface area (Å²) < 4.78 is 0. The third-order valence-corrected chi connectivity index (χ3v) is 7.33. The standard InChI is InChI=1S/C26H29ClN2O3/c1-15-10-18(21-5-4-19(27)14-28-21)11-16(2)24(15)25-22(31)12-26(13-23(25)32)8-6-20(7-9-26)29-17(3)30/h4-5,10-11,14,20,25H,6-9,12-13H2,1-3H3,(H,29,30). The van der Waals surface area contributed by atoms with Crippen molar-refractivity contribution >= 4 is 29.1 Å². The third-order valence-electron chi connectivity index (χ3n) is 7.10. The highest BCUT2D eigenvalue weighted by Gasteiger charge is 2.47. The average Bonchev–Trinajstić information content (AvgIpc) is 2.71. The molecule has 0 unspecified atom stereocenters. The Labute approximate surface area is 194 Å². The number of nitrogens with one attached hydrogen (secondary N) is 1. The monoisotopic (exact) mass is 452 g/mol. The van der Waals surface area contributed by atoms with Gasteiger partial charge in [0.2, 0.25) is 5.91 Å². The molecule has 2 aliphatic carbocycles. The summed E-state index contributed by atoms with van der Waals surface area (Å²) in [7, 11) is 0. The largest absolute Gasteiger partial charge is 0.354 e. The van der Waals surface area contributed by atoms with Crippen molar-refractivity contribution in [2.24, 2.45) is 5.41 Å². The van der Waals surface area contributed by atoms with E-state index < -0.39 is 5.92 Å². The van der Waals surface area contributed by atoms with E-state index in [0.717, 1.165) is 53.6 Å². The lowest BCUT2D eigenvalue weighted by molar-refractivity contribution is -0.138. The molecule has 0 bridgehead atoms. The van der Waals surface area contributed by atoms with Gasteiger partial charge in [-0.05, 0) is 85.9 Å². The van der Waals surface area contributed by atoms with E-state index in [2.05, 4.69) is 10.3 Å². The molecule has 1 aromatic carbocycles. The van der Waals surface area contributed by atoms with Crippen LogP contribution in [0.3, 0.4) is 0 Å². The number of aromatic nitrogens is 1. The summed E-state index contributed by atoms with van der Waals surface area (Å²) in [5.74, 6) is -0.642. The predicted octanol–water partition coefficient (Wildman–Crippen LogP) is 5.10. The molecular formula is C26H29ClN2O3. The van der Waals surface area contributed by atoms with Gasteiger partial charge in [0.1, 0.15) is 17.5 Å². The average molecular weight is 453 g/mol. The zero-order valence-corrected chi connectivity index (χ0v) is 19.6. The van der Waals surface area contributed by atoms with Crippen LogP contribution >= 0.6 is 11.6 Å². The number of carbonyl (C=O) groups excluding carboxylic acids is 3. The zero-order valence-electron chi connectivity index (χ0n) is 18.8. The minimum Gasteiger partial charge on any atom is -0.354 e. The molecule has 168 valence electrons. The van der Waals surface area contributed by atoms with Crippen molar-refractivity contribution < 1.29 is 14.4 Å². The molecule has 0 aliphatic heterocycles. The number of amides is 1. The highest BCUT2D eigenvalue weighted by molar-refractivity contribution is 6.30. The van der Waals surface area contributed by atoms with Crippen LogP contribution in [0.15, 0.2) is 30.5 Å². The minimum absolute atomic E-state index is 0.0231. The van der Waals surface area contributed by atoms with Crippen molar-refractivity contribution in [2.75, 3.05) is 0 Å². The summed E-state index contributed by atoms with van der Waals surface area (Å²) in [6.45, 7) is 5.46. The van der Waals surface area contributed by atoms with Gasteiger partial charge in [-0.1, -0.05) is 11.6 Å². The van der Waals surface area contributed by atoms with Gasteiger partial charge in [0.25, 0.3) is 0 Å². The second-order valence-corrected chi connectivity index (χ2v) is 10.0. The summed E-state index contributed by atoms with van der Waals surface area (Å²) in [5, 5.41) is 3.56. The topological polar surface area (TPSA) is 76.1 Å². The Morgan fingerprint density at radius 2 is 1.66 bits per heavy atom. The Morgan fingerprint density at radius 1 is 1.06 bits per heavy atom. The highest BCUT2D eigenvalue weighted by atomic mass is 35.5. The number of Topliss-reactive ketones (excluding diaryl/α,β-unsaturated/α-hetero) is 2. The number of rotatable bonds is 3. The second kappa shape index (κ2) is 8.78. The Morgan fingerprint density at radius 3 is 2.16 bits per heavy atom. The molecular weight excluding hydrogens is 424 g/mol. The van der Waals surface area contributed by atoms with E-state index in [1.807, 2.05) is 32.0 Å². The van der Waals surface area contributed by atoms with Crippen molar-refractivity contribution in [1.82, 2.24) is 10.3 Å². The number of nitrogens with zero attached hydrogens (tertiary/aromatic N) is 1. The van der Waals surface area contributed by atoms with Crippen LogP contribution in [0.2, 0.25) is 5.02 Å². The number of ketones is 2. The fraction of sp³-hybridized carbons (Fsp3) is 0.462. The molecule has 0 saturated heterocycles. The van der Waals surface area contributed by atoms with Gasteiger partial charge in [-0.3, -0.25) is 19.4 Å². The third kappa shape index (κ3) is 4.49. The number of hydrogen-bond acceptors (Lipinski definition) is 4. The van der Waals surface area contributed by atoms with Gasteiger partial charge in [-0.15, -0.1) is 0 Å². The summed E-state index contributed by atoms with van der Waals surface area (Å²) in [6.07, 6.45) is 5.76. The van der Waals surface area contributed by atoms with E-state index in [4.69, 9.17) is 11.6 Å². The van der Waals surface area contributed by atoms with Gasteiger partial charge in [0, 0.05) is 37.6 Å². The molecule has 6 heteroatoms. The number of benzene rings is 1. The van der Waals surface area contributed by atoms with Gasteiger partial charge in [-0.2, -0.15) is 0 Å². The van der Waals surface area contributed by atoms with Gasteiger partial charge < -0.3 is 5.32 Å². The Balaban J connectivity index is 1.55. The zero-order chi connectivity index (χ0) is 23.0. The molecule has 4 rings (SSSR count). The molecule has 1 spiro atoms. The normalized spacial score (nSPS) is 25.8. The number of halogens is 1. The molecule has 5 nitrogen and oxygen atoms in total. The first-order valence-electron chi connectivity index (χ1n) is 11.2. The van der Waals surface area contributed by atoms with Crippen molar-refractivity contribution in [2.45, 2.75) is 71.3 Å². The number of carbonyl (C=O) groups is 3. The van der Waals surface area contributed by atoms with Crippen LogP contribution in [0.4, 0.5) is 0 Å². The molecule has 1 heterocycles. The summed E-state index contributed by atoms with van der Waals surface area (Å²) >= 11 is 5.96. The Hall–Kier alpha value is -2.53. The quantitative estimate of drug-likeness (QED) is 0.657. The molecule has 2 aliphatic rings. The van der Waals surface area contributed by atoms with E-state index in [1.54, 1.807) is 12.3 Å². The number of aryl methyl sites for hydroxylation is 2. The molecule has 1 N–H and O–H groups in total. The van der Waals surface area contributed by atoms with Crippen LogP contribution < -0.4 is 5.32 Å². The molecule has 32 heavy (non-hydrogen) atoms. The predicted molar refractivity (Wildman–Crippen MR) is 125 cm³/mol. The van der Waals surface area contributed by atoms with Crippen LogP contribution in [0.5, 0.6) is 0 Å². The van der Waals surface area contributed by atoms with E-state index in [9.17, 15) is 14.4 Å². The Kier molecular flexibility index (Phi) is 6.22. The van der Waals surface area contributed by atoms with Crippen LogP contribution in [0.1, 0.15) is 68.1 Å². The molecule has 2 saturated carbocycles. The molecule has 0 radical (unpaired) electrons. The first kappa shape index (κ1) is 22.7. The van der Waals surface area contributed by atoms with E-state index in [0.29, 0.717) is 17.9 Å². The maximum atomic E-state index is 13.3.